The van der Waals surface area contributed by atoms with Crippen molar-refractivity contribution >= 4 is 41.5 Å². The lowest BCUT2D eigenvalue weighted by Gasteiger charge is -2.21. The molecule has 1 aromatic carbocycles. The highest BCUT2D eigenvalue weighted by atomic mass is 35.5. The quantitative estimate of drug-likeness (QED) is 0.811. The summed E-state index contributed by atoms with van der Waals surface area (Å²) in [4.78, 5) is 14.0. The molecule has 1 aliphatic rings. The maximum atomic E-state index is 12.1. The van der Waals surface area contributed by atoms with Crippen molar-refractivity contribution in [3.05, 3.63) is 33.8 Å². The molecule has 1 N–H and O–H groups in total. The molecule has 1 aliphatic carbocycles. The van der Waals surface area contributed by atoms with Crippen molar-refractivity contribution < 1.29 is 4.79 Å². The van der Waals surface area contributed by atoms with Crippen LogP contribution in [-0.2, 0) is 11.3 Å². The van der Waals surface area contributed by atoms with Gasteiger partial charge in [-0.05, 0) is 49.9 Å². The van der Waals surface area contributed by atoms with E-state index >= 15 is 0 Å². The maximum absolute atomic E-state index is 12.1. The fraction of sp³-hybridized carbons (Fsp3) is 0.533. The van der Waals surface area contributed by atoms with E-state index < -0.39 is 0 Å². The minimum absolute atomic E-state index is 0. The van der Waals surface area contributed by atoms with E-state index in [0.717, 1.165) is 18.0 Å². The van der Waals surface area contributed by atoms with E-state index in [4.69, 9.17) is 23.2 Å². The molecule has 0 saturated heterocycles. The van der Waals surface area contributed by atoms with Crippen molar-refractivity contribution in [1.29, 1.82) is 0 Å². The Labute approximate surface area is 142 Å². The summed E-state index contributed by atoms with van der Waals surface area (Å²) >= 11 is 11.9. The summed E-state index contributed by atoms with van der Waals surface area (Å²) in [6, 6.07) is 5.49. The molecule has 3 nitrogen and oxygen atoms in total. The number of nitrogens with zero attached hydrogens (tertiary/aromatic N) is 1. The molecule has 0 atom stereocenters. The van der Waals surface area contributed by atoms with Gasteiger partial charge in [0.15, 0.2) is 0 Å². The molecule has 0 bridgehead atoms. The first kappa shape index (κ1) is 18.6. The van der Waals surface area contributed by atoms with Gasteiger partial charge in [-0.3, -0.25) is 4.79 Å². The number of carbonyl (C=O) groups is 1. The summed E-state index contributed by atoms with van der Waals surface area (Å²) in [5, 5.41) is 4.29. The van der Waals surface area contributed by atoms with Crippen LogP contribution in [0.1, 0.15) is 25.3 Å². The molecule has 118 valence electrons. The predicted molar refractivity (Wildman–Crippen MR) is 90.4 cm³/mol. The third-order valence-corrected chi connectivity index (χ3v) is 4.24. The Balaban J connectivity index is 0.00000220. The molecule has 1 saturated carbocycles. The van der Waals surface area contributed by atoms with Crippen LogP contribution in [0.2, 0.25) is 10.0 Å². The van der Waals surface area contributed by atoms with Crippen LogP contribution in [0.3, 0.4) is 0 Å². The first-order chi connectivity index (χ1) is 9.60. The third-order valence-electron chi connectivity index (χ3n) is 3.50. The fourth-order valence-electron chi connectivity index (χ4n) is 2.05. The van der Waals surface area contributed by atoms with Gasteiger partial charge in [0.2, 0.25) is 5.91 Å². The van der Waals surface area contributed by atoms with Crippen LogP contribution < -0.4 is 5.32 Å². The topological polar surface area (TPSA) is 32.3 Å². The molecule has 1 amide bonds. The molecule has 0 radical (unpaired) electrons. The van der Waals surface area contributed by atoms with E-state index in [1.165, 1.54) is 12.8 Å². The van der Waals surface area contributed by atoms with Crippen molar-refractivity contribution in [2.75, 3.05) is 19.6 Å². The number of hydrogen-bond donors (Lipinski definition) is 1. The summed E-state index contributed by atoms with van der Waals surface area (Å²) in [6.45, 7) is 4.60. The molecule has 6 heteroatoms. The van der Waals surface area contributed by atoms with Gasteiger partial charge in [0.1, 0.15) is 0 Å². The number of benzene rings is 1. The van der Waals surface area contributed by atoms with E-state index in [1.807, 2.05) is 24.0 Å². The minimum atomic E-state index is 0. The highest BCUT2D eigenvalue weighted by Crippen LogP contribution is 2.27. The predicted octanol–water partition coefficient (Wildman–Crippen LogP) is 3.76. The average Bonchev–Trinajstić information content (AvgIpc) is 3.24. The lowest BCUT2D eigenvalue weighted by Crippen LogP contribution is -2.38. The van der Waals surface area contributed by atoms with E-state index in [0.29, 0.717) is 29.7 Å². The van der Waals surface area contributed by atoms with Gasteiger partial charge in [0, 0.05) is 13.1 Å². The van der Waals surface area contributed by atoms with E-state index in [9.17, 15) is 4.79 Å². The number of nitrogens with one attached hydrogen (secondary N) is 1. The molecule has 2 rings (SSSR count). The van der Waals surface area contributed by atoms with Gasteiger partial charge in [-0.2, -0.15) is 0 Å². The van der Waals surface area contributed by atoms with Crippen LogP contribution in [-0.4, -0.2) is 30.4 Å². The molecule has 1 fully saturated rings. The zero-order chi connectivity index (χ0) is 14.5. The largest absolute Gasteiger partial charge is 0.338 e. The van der Waals surface area contributed by atoms with Gasteiger partial charge in [0.25, 0.3) is 0 Å². The zero-order valence-corrected chi connectivity index (χ0v) is 14.4. The van der Waals surface area contributed by atoms with Crippen LogP contribution in [0.15, 0.2) is 18.2 Å². The highest BCUT2D eigenvalue weighted by molar-refractivity contribution is 6.42. The number of rotatable bonds is 7. The molecule has 0 heterocycles. The average molecular weight is 352 g/mol. The van der Waals surface area contributed by atoms with Crippen molar-refractivity contribution in [2.24, 2.45) is 5.92 Å². The number of carbonyl (C=O) groups excluding carboxylic acids is 1. The SMILES string of the molecule is CCN(Cc1ccc(Cl)c(Cl)c1)C(=O)CNCC1CC1.Cl. The Bertz CT molecular complexity index is 478. The first-order valence-corrected chi connectivity index (χ1v) is 7.78. The van der Waals surface area contributed by atoms with Crippen molar-refractivity contribution in [1.82, 2.24) is 10.2 Å². The summed E-state index contributed by atoms with van der Waals surface area (Å²) < 4.78 is 0. The van der Waals surface area contributed by atoms with E-state index in [2.05, 4.69) is 5.32 Å². The summed E-state index contributed by atoms with van der Waals surface area (Å²) in [6.07, 6.45) is 2.59. The fourth-order valence-corrected chi connectivity index (χ4v) is 2.37. The van der Waals surface area contributed by atoms with E-state index in [-0.39, 0.29) is 18.3 Å². The lowest BCUT2D eigenvalue weighted by molar-refractivity contribution is -0.130. The molecule has 0 unspecified atom stereocenters. The van der Waals surface area contributed by atoms with Crippen molar-refractivity contribution in [3.63, 3.8) is 0 Å². The van der Waals surface area contributed by atoms with Crippen LogP contribution in [0.4, 0.5) is 0 Å². The molecule has 0 aromatic heterocycles. The molecule has 21 heavy (non-hydrogen) atoms. The first-order valence-electron chi connectivity index (χ1n) is 7.02. The second kappa shape index (κ2) is 8.84. The van der Waals surface area contributed by atoms with Crippen LogP contribution in [0, 0.1) is 5.92 Å². The Morgan fingerprint density at radius 1 is 1.33 bits per heavy atom. The number of halogens is 3. The molecular formula is C15H21Cl3N2O. The Kier molecular flexibility index (Phi) is 7.82. The standard InChI is InChI=1S/C15H20Cl2N2O.ClH/c1-2-19(15(20)9-18-8-11-3-4-11)10-12-5-6-13(16)14(17)7-12;/h5-7,11,18H,2-4,8-10H2,1H3;1H. The van der Waals surface area contributed by atoms with E-state index in [1.54, 1.807) is 6.07 Å². The Hall–Kier alpha value is -0.480. The zero-order valence-electron chi connectivity index (χ0n) is 12.1. The van der Waals surface area contributed by atoms with Gasteiger partial charge in [-0.1, -0.05) is 29.3 Å². The van der Waals surface area contributed by atoms with Crippen molar-refractivity contribution in [3.8, 4) is 0 Å². The Morgan fingerprint density at radius 2 is 2.05 bits per heavy atom. The second-order valence-corrected chi connectivity index (χ2v) is 6.05. The molecular weight excluding hydrogens is 331 g/mol. The van der Waals surface area contributed by atoms with Crippen LogP contribution in [0.5, 0.6) is 0 Å². The smallest absolute Gasteiger partial charge is 0.236 e. The van der Waals surface area contributed by atoms with Crippen LogP contribution in [0.25, 0.3) is 0 Å². The number of likely N-dealkylation sites (N-methyl/N-ethyl adjacent to an activating group) is 1. The molecule has 0 spiro atoms. The molecule has 1 aromatic rings. The van der Waals surface area contributed by atoms with Gasteiger partial charge < -0.3 is 10.2 Å². The van der Waals surface area contributed by atoms with Gasteiger partial charge in [0.05, 0.1) is 16.6 Å². The highest BCUT2D eigenvalue weighted by Gasteiger charge is 2.21. The third kappa shape index (κ3) is 6.03. The van der Waals surface area contributed by atoms with Gasteiger partial charge in [-0.15, -0.1) is 12.4 Å². The van der Waals surface area contributed by atoms with Gasteiger partial charge in [-0.25, -0.2) is 0 Å². The Morgan fingerprint density at radius 3 is 2.62 bits per heavy atom. The number of hydrogen-bond acceptors (Lipinski definition) is 2. The summed E-state index contributed by atoms with van der Waals surface area (Å²) in [5.41, 5.74) is 0.997. The van der Waals surface area contributed by atoms with Gasteiger partial charge >= 0.3 is 0 Å². The molecule has 0 aliphatic heterocycles. The summed E-state index contributed by atoms with van der Waals surface area (Å²) in [5.74, 6) is 0.909. The maximum Gasteiger partial charge on any atom is 0.236 e. The lowest BCUT2D eigenvalue weighted by atomic mass is 10.2. The second-order valence-electron chi connectivity index (χ2n) is 5.23. The van der Waals surface area contributed by atoms with Crippen molar-refractivity contribution in [2.45, 2.75) is 26.3 Å². The summed E-state index contributed by atoms with van der Waals surface area (Å²) in [7, 11) is 0. The minimum Gasteiger partial charge on any atom is -0.338 e. The van der Waals surface area contributed by atoms with Crippen LogP contribution >= 0.6 is 35.6 Å². The normalized spacial score (nSPS) is 13.7. The number of amides is 1. The monoisotopic (exact) mass is 350 g/mol.